The summed E-state index contributed by atoms with van der Waals surface area (Å²) in [5.74, 6) is 1.27. The maximum absolute atomic E-state index is 4.43. The first-order chi connectivity index (χ1) is 9.24. The van der Waals surface area contributed by atoms with Gasteiger partial charge in [-0.15, -0.1) is 0 Å². The molecule has 0 bridgehead atoms. The van der Waals surface area contributed by atoms with Gasteiger partial charge in [-0.2, -0.15) is 0 Å². The lowest BCUT2D eigenvalue weighted by atomic mass is 9.99. The van der Waals surface area contributed by atoms with E-state index < -0.39 is 0 Å². The molecule has 2 aromatic rings. The van der Waals surface area contributed by atoms with Crippen LogP contribution < -0.4 is 5.32 Å². The Morgan fingerprint density at radius 2 is 2.00 bits per heavy atom. The number of pyridine rings is 1. The molecule has 0 aliphatic rings. The smallest absolute Gasteiger partial charge is 0.133 e. The van der Waals surface area contributed by atoms with Gasteiger partial charge in [0, 0.05) is 18.3 Å². The van der Waals surface area contributed by atoms with Gasteiger partial charge in [0.05, 0.1) is 11.4 Å². The Balaban J connectivity index is 2.49. The second-order valence-corrected chi connectivity index (χ2v) is 4.78. The van der Waals surface area contributed by atoms with Gasteiger partial charge in [-0.25, -0.2) is 9.97 Å². The van der Waals surface area contributed by atoms with Crippen molar-refractivity contribution in [3.63, 3.8) is 0 Å². The first kappa shape index (κ1) is 13.5. The molecule has 0 aromatic carbocycles. The van der Waals surface area contributed by atoms with E-state index in [1.807, 2.05) is 18.2 Å². The SMILES string of the molecule is CCCNc1ncnc(-c2ccccn2)c1C(C)C. The highest BCUT2D eigenvalue weighted by atomic mass is 15.0. The summed E-state index contributed by atoms with van der Waals surface area (Å²) in [5, 5.41) is 3.38. The lowest BCUT2D eigenvalue weighted by molar-refractivity contribution is 0.842. The molecule has 0 saturated heterocycles. The van der Waals surface area contributed by atoms with E-state index in [2.05, 4.69) is 41.0 Å². The van der Waals surface area contributed by atoms with E-state index in [9.17, 15) is 0 Å². The van der Waals surface area contributed by atoms with Crippen LogP contribution in [0, 0.1) is 0 Å². The molecule has 0 amide bonds. The monoisotopic (exact) mass is 256 g/mol. The van der Waals surface area contributed by atoms with Gasteiger partial charge in [-0.3, -0.25) is 4.98 Å². The maximum Gasteiger partial charge on any atom is 0.133 e. The quantitative estimate of drug-likeness (QED) is 0.889. The molecular formula is C15H20N4. The zero-order valence-electron chi connectivity index (χ0n) is 11.7. The molecule has 100 valence electrons. The Morgan fingerprint density at radius 3 is 2.63 bits per heavy atom. The van der Waals surface area contributed by atoms with Crippen molar-refractivity contribution in [2.45, 2.75) is 33.1 Å². The average molecular weight is 256 g/mol. The summed E-state index contributed by atoms with van der Waals surface area (Å²) in [6, 6.07) is 5.88. The van der Waals surface area contributed by atoms with E-state index in [1.165, 1.54) is 0 Å². The molecular weight excluding hydrogens is 236 g/mol. The van der Waals surface area contributed by atoms with Gasteiger partial charge in [0.25, 0.3) is 0 Å². The Hall–Kier alpha value is -1.97. The fourth-order valence-corrected chi connectivity index (χ4v) is 2.03. The molecule has 4 heteroatoms. The molecule has 0 fully saturated rings. The fourth-order valence-electron chi connectivity index (χ4n) is 2.03. The first-order valence-electron chi connectivity index (χ1n) is 6.74. The molecule has 19 heavy (non-hydrogen) atoms. The van der Waals surface area contributed by atoms with Crippen LogP contribution in [0.3, 0.4) is 0 Å². The summed E-state index contributed by atoms with van der Waals surface area (Å²) >= 11 is 0. The van der Waals surface area contributed by atoms with Gasteiger partial charge < -0.3 is 5.32 Å². The fraction of sp³-hybridized carbons (Fsp3) is 0.400. The first-order valence-corrected chi connectivity index (χ1v) is 6.74. The van der Waals surface area contributed by atoms with E-state index in [0.29, 0.717) is 5.92 Å². The number of rotatable bonds is 5. The van der Waals surface area contributed by atoms with Crippen LogP contribution in [0.5, 0.6) is 0 Å². The summed E-state index contributed by atoms with van der Waals surface area (Å²) in [6.07, 6.45) is 4.47. The van der Waals surface area contributed by atoms with Crippen molar-refractivity contribution in [2.75, 3.05) is 11.9 Å². The molecule has 0 aliphatic heterocycles. The highest BCUT2D eigenvalue weighted by molar-refractivity contribution is 5.66. The van der Waals surface area contributed by atoms with Crippen LogP contribution in [0.2, 0.25) is 0 Å². The molecule has 1 N–H and O–H groups in total. The van der Waals surface area contributed by atoms with Crippen LogP contribution in [-0.2, 0) is 0 Å². The number of nitrogens with zero attached hydrogens (tertiary/aromatic N) is 3. The second kappa shape index (κ2) is 6.27. The third-order valence-corrected chi connectivity index (χ3v) is 2.91. The summed E-state index contributed by atoms with van der Waals surface area (Å²) in [7, 11) is 0. The van der Waals surface area contributed by atoms with E-state index >= 15 is 0 Å². The van der Waals surface area contributed by atoms with Gasteiger partial charge in [0.2, 0.25) is 0 Å². The topological polar surface area (TPSA) is 50.7 Å². The van der Waals surface area contributed by atoms with Crippen molar-refractivity contribution in [3.05, 3.63) is 36.3 Å². The Labute approximate surface area is 114 Å². The van der Waals surface area contributed by atoms with Crippen LogP contribution in [0.4, 0.5) is 5.82 Å². The highest BCUT2D eigenvalue weighted by Crippen LogP contribution is 2.30. The van der Waals surface area contributed by atoms with Gasteiger partial charge in [0.15, 0.2) is 0 Å². The van der Waals surface area contributed by atoms with Crippen LogP contribution >= 0.6 is 0 Å². The van der Waals surface area contributed by atoms with Crippen LogP contribution in [0.1, 0.15) is 38.7 Å². The van der Waals surface area contributed by atoms with Gasteiger partial charge in [0.1, 0.15) is 12.1 Å². The van der Waals surface area contributed by atoms with Crippen molar-refractivity contribution in [1.82, 2.24) is 15.0 Å². The summed E-state index contributed by atoms with van der Waals surface area (Å²) < 4.78 is 0. The minimum Gasteiger partial charge on any atom is -0.370 e. The molecule has 2 rings (SSSR count). The Kier molecular flexibility index (Phi) is 4.44. The van der Waals surface area contributed by atoms with Crippen molar-refractivity contribution in [3.8, 4) is 11.4 Å². The molecule has 0 saturated carbocycles. The molecule has 0 spiro atoms. The maximum atomic E-state index is 4.43. The predicted octanol–water partition coefficient (Wildman–Crippen LogP) is 3.48. The lowest BCUT2D eigenvalue weighted by Gasteiger charge is -2.16. The normalized spacial score (nSPS) is 10.7. The standard InChI is InChI=1S/C15H20N4/c1-4-8-17-15-13(11(2)3)14(18-10-19-15)12-7-5-6-9-16-12/h5-7,9-11H,4,8H2,1-3H3,(H,17,18,19). The zero-order chi connectivity index (χ0) is 13.7. The third-order valence-electron chi connectivity index (χ3n) is 2.91. The lowest BCUT2D eigenvalue weighted by Crippen LogP contribution is -2.09. The van der Waals surface area contributed by atoms with Crippen LogP contribution in [0.25, 0.3) is 11.4 Å². The van der Waals surface area contributed by atoms with Gasteiger partial charge >= 0.3 is 0 Å². The molecule has 4 nitrogen and oxygen atoms in total. The molecule has 2 heterocycles. The van der Waals surface area contributed by atoms with E-state index in [1.54, 1.807) is 12.5 Å². The molecule has 0 radical (unpaired) electrons. The second-order valence-electron chi connectivity index (χ2n) is 4.78. The largest absolute Gasteiger partial charge is 0.370 e. The third kappa shape index (κ3) is 3.08. The summed E-state index contributed by atoms with van der Waals surface area (Å²) in [4.78, 5) is 13.2. The number of hydrogen-bond acceptors (Lipinski definition) is 4. The molecule has 0 aliphatic carbocycles. The number of hydrogen-bond donors (Lipinski definition) is 1. The molecule has 0 unspecified atom stereocenters. The minimum absolute atomic E-state index is 0.345. The van der Waals surface area contributed by atoms with Crippen molar-refractivity contribution in [1.29, 1.82) is 0 Å². The number of aromatic nitrogens is 3. The number of anilines is 1. The van der Waals surface area contributed by atoms with Gasteiger partial charge in [-0.1, -0.05) is 26.8 Å². The molecule has 0 atom stereocenters. The van der Waals surface area contributed by atoms with E-state index in [-0.39, 0.29) is 0 Å². The number of nitrogens with one attached hydrogen (secondary N) is 1. The minimum atomic E-state index is 0.345. The summed E-state index contributed by atoms with van der Waals surface area (Å²) in [6.45, 7) is 7.37. The predicted molar refractivity (Wildman–Crippen MR) is 78.1 cm³/mol. The van der Waals surface area contributed by atoms with E-state index in [4.69, 9.17) is 0 Å². The zero-order valence-corrected chi connectivity index (χ0v) is 11.7. The van der Waals surface area contributed by atoms with Crippen LogP contribution in [-0.4, -0.2) is 21.5 Å². The van der Waals surface area contributed by atoms with Crippen molar-refractivity contribution >= 4 is 5.82 Å². The van der Waals surface area contributed by atoms with E-state index in [0.717, 1.165) is 35.7 Å². The average Bonchev–Trinajstić information content (AvgIpc) is 2.45. The molecule has 2 aromatic heterocycles. The van der Waals surface area contributed by atoms with Crippen LogP contribution in [0.15, 0.2) is 30.7 Å². The summed E-state index contributed by atoms with van der Waals surface area (Å²) in [5.41, 5.74) is 2.95. The Bertz CT molecular complexity index is 523. The highest BCUT2D eigenvalue weighted by Gasteiger charge is 2.16. The van der Waals surface area contributed by atoms with Crippen molar-refractivity contribution in [2.24, 2.45) is 0 Å². The van der Waals surface area contributed by atoms with Crippen molar-refractivity contribution < 1.29 is 0 Å². The Morgan fingerprint density at radius 1 is 1.16 bits per heavy atom. The van der Waals surface area contributed by atoms with Gasteiger partial charge in [-0.05, 0) is 24.5 Å².